The summed E-state index contributed by atoms with van der Waals surface area (Å²) in [4.78, 5) is 4.60. The fourth-order valence-corrected chi connectivity index (χ4v) is 3.07. The van der Waals surface area contributed by atoms with Crippen LogP contribution in [-0.4, -0.2) is 32.0 Å². The maximum atomic E-state index is 6.02. The number of hydrogen-bond acceptors (Lipinski definition) is 3. The van der Waals surface area contributed by atoms with Gasteiger partial charge in [0.2, 0.25) is 0 Å². The summed E-state index contributed by atoms with van der Waals surface area (Å²) in [5.74, 6) is 1.35. The van der Waals surface area contributed by atoms with Gasteiger partial charge in [-0.15, -0.1) is 11.6 Å². The first-order valence-electron chi connectivity index (χ1n) is 6.77. The van der Waals surface area contributed by atoms with E-state index >= 15 is 0 Å². The molecule has 5 nitrogen and oxygen atoms in total. The number of rotatable bonds is 4. The van der Waals surface area contributed by atoms with E-state index in [1.54, 1.807) is 0 Å². The van der Waals surface area contributed by atoms with Gasteiger partial charge in [0.1, 0.15) is 11.3 Å². The molecule has 1 aliphatic heterocycles. The number of fused-ring (bicyclic) bond motifs is 1. The quantitative estimate of drug-likeness (QED) is 0.809. The Labute approximate surface area is 117 Å². The van der Waals surface area contributed by atoms with Crippen molar-refractivity contribution in [3.8, 4) is 0 Å². The molecule has 0 radical (unpaired) electrons. The fourth-order valence-electron chi connectivity index (χ4n) is 2.86. The second-order valence-electron chi connectivity index (χ2n) is 5.12. The maximum Gasteiger partial charge on any atom is 0.158 e. The zero-order valence-corrected chi connectivity index (χ0v) is 12.2. The fraction of sp³-hybridized carbons (Fsp3) is 0.692. The number of alkyl halides is 1. The predicted molar refractivity (Wildman–Crippen MR) is 74.4 cm³/mol. The van der Waals surface area contributed by atoms with Crippen molar-refractivity contribution in [1.29, 1.82) is 0 Å². The van der Waals surface area contributed by atoms with Crippen molar-refractivity contribution in [2.75, 3.05) is 6.61 Å². The summed E-state index contributed by atoms with van der Waals surface area (Å²) >= 11 is 6.02. The lowest BCUT2D eigenvalue weighted by Crippen LogP contribution is -2.13. The van der Waals surface area contributed by atoms with Crippen LogP contribution in [0.1, 0.15) is 30.8 Å². The highest BCUT2D eigenvalue weighted by Crippen LogP contribution is 2.22. The van der Waals surface area contributed by atoms with Gasteiger partial charge in [-0.25, -0.2) is 4.98 Å². The number of nitrogens with zero attached hydrogens (tertiary/aromatic N) is 4. The molecule has 3 heterocycles. The highest BCUT2D eigenvalue weighted by atomic mass is 35.5. The normalized spacial score (nSPS) is 19.6. The average Bonchev–Trinajstić information content (AvgIpc) is 3.07. The Hall–Kier alpha value is -1.07. The number of imidazole rings is 1. The molecule has 0 aromatic carbocycles. The van der Waals surface area contributed by atoms with Gasteiger partial charge >= 0.3 is 0 Å². The Morgan fingerprint density at radius 3 is 3.00 bits per heavy atom. The lowest BCUT2D eigenvalue weighted by atomic mass is 10.2. The summed E-state index contributed by atoms with van der Waals surface area (Å²) in [7, 11) is 1.96. The van der Waals surface area contributed by atoms with Crippen LogP contribution < -0.4 is 0 Å². The molecule has 1 saturated heterocycles. The first kappa shape index (κ1) is 12.9. The zero-order chi connectivity index (χ0) is 13.4. The monoisotopic (exact) mass is 282 g/mol. The van der Waals surface area contributed by atoms with Gasteiger partial charge in [0.05, 0.1) is 17.7 Å². The molecule has 2 aromatic heterocycles. The van der Waals surface area contributed by atoms with Crippen LogP contribution in [-0.2, 0) is 24.2 Å². The topological polar surface area (TPSA) is 44.9 Å². The lowest BCUT2D eigenvalue weighted by molar-refractivity contribution is 0.100. The highest BCUT2D eigenvalue weighted by molar-refractivity contribution is 6.16. The number of aromatic nitrogens is 4. The number of ether oxygens (including phenoxy) is 1. The van der Waals surface area contributed by atoms with E-state index in [1.165, 1.54) is 12.8 Å². The van der Waals surface area contributed by atoms with Crippen molar-refractivity contribution in [1.82, 2.24) is 19.3 Å². The summed E-state index contributed by atoms with van der Waals surface area (Å²) in [5, 5.41) is 4.43. The molecule has 3 rings (SSSR count). The molecule has 1 unspecified atom stereocenters. The standard InChI is InChI=1S/C13H19ClN4O/c1-9-12-13(17(2)16-9)18(11(8-14)15-12)6-5-10-4-3-7-19-10/h10H,3-8H2,1-2H3. The van der Waals surface area contributed by atoms with Crippen molar-refractivity contribution in [3.63, 3.8) is 0 Å². The third-order valence-electron chi connectivity index (χ3n) is 3.79. The van der Waals surface area contributed by atoms with Crippen LogP contribution in [0.3, 0.4) is 0 Å². The van der Waals surface area contributed by atoms with Crippen LogP contribution >= 0.6 is 11.6 Å². The van der Waals surface area contributed by atoms with Gasteiger partial charge in [-0.3, -0.25) is 4.68 Å². The average molecular weight is 283 g/mol. The Morgan fingerprint density at radius 1 is 1.47 bits per heavy atom. The van der Waals surface area contributed by atoms with E-state index in [1.807, 2.05) is 18.7 Å². The molecule has 0 bridgehead atoms. The van der Waals surface area contributed by atoms with Crippen LogP contribution in [0.25, 0.3) is 11.2 Å². The van der Waals surface area contributed by atoms with Gasteiger partial charge in [0.25, 0.3) is 0 Å². The molecule has 0 amide bonds. The van der Waals surface area contributed by atoms with Crippen molar-refractivity contribution < 1.29 is 4.74 Å². The number of hydrogen-bond donors (Lipinski definition) is 0. The van der Waals surface area contributed by atoms with Crippen LogP contribution in [0.2, 0.25) is 0 Å². The van der Waals surface area contributed by atoms with Crippen LogP contribution in [0.15, 0.2) is 0 Å². The second kappa shape index (κ2) is 5.13. The molecule has 1 aliphatic rings. The minimum Gasteiger partial charge on any atom is -0.378 e. The van der Waals surface area contributed by atoms with Crippen LogP contribution in [0, 0.1) is 6.92 Å². The van der Waals surface area contributed by atoms with Crippen LogP contribution in [0.4, 0.5) is 0 Å². The predicted octanol–water partition coefficient (Wildman–Crippen LogP) is 2.39. The summed E-state index contributed by atoms with van der Waals surface area (Å²) < 4.78 is 9.76. The largest absolute Gasteiger partial charge is 0.378 e. The van der Waals surface area contributed by atoms with Crippen molar-refractivity contribution in [2.45, 2.75) is 44.7 Å². The minimum absolute atomic E-state index is 0.384. The molecule has 6 heteroatoms. The van der Waals surface area contributed by atoms with E-state index in [-0.39, 0.29) is 0 Å². The van der Waals surface area contributed by atoms with Gasteiger partial charge in [-0.1, -0.05) is 0 Å². The molecule has 0 saturated carbocycles. The number of aryl methyl sites for hydroxylation is 3. The van der Waals surface area contributed by atoms with E-state index in [4.69, 9.17) is 16.3 Å². The summed E-state index contributed by atoms with van der Waals surface area (Å²) in [6, 6.07) is 0. The first-order chi connectivity index (χ1) is 9.20. The maximum absolute atomic E-state index is 6.02. The summed E-state index contributed by atoms with van der Waals surface area (Å²) in [6.07, 6.45) is 3.74. The molecule has 104 valence electrons. The summed E-state index contributed by atoms with van der Waals surface area (Å²) in [6.45, 7) is 3.77. The Bertz CT molecular complexity index is 583. The van der Waals surface area contributed by atoms with Crippen molar-refractivity contribution in [3.05, 3.63) is 11.5 Å². The minimum atomic E-state index is 0.384. The molecule has 0 aliphatic carbocycles. The molecule has 2 aromatic rings. The van der Waals surface area contributed by atoms with E-state index < -0.39 is 0 Å². The lowest BCUT2D eigenvalue weighted by Gasteiger charge is -2.12. The van der Waals surface area contributed by atoms with Gasteiger partial charge in [-0.2, -0.15) is 5.10 Å². The zero-order valence-electron chi connectivity index (χ0n) is 11.4. The molecule has 0 N–H and O–H groups in total. The Balaban J connectivity index is 1.91. The molecular weight excluding hydrogens is 264 g/mol. The van der Waals surface area contributed by atoms with Crippen molar-refractivity contribution in [2.24, 2.45) is 7.05 Å². The smallest absolute Gasteiger partial charge is 0.158 e. The molecule has 0 spiro atoms. The van der Waals surface area contributed by atoms with E-state index in [0.717, 1.165) is 42.3 Å². The van der Waals surface area contributed by atoms with Gasteiger partial charge in [0, 0.05) is 20.2 Å². The second-order valence-corrected chi connectivity index (χ2v) is 5.39. The Kier molecular flexibility index (Phi) is 3.50. The van der Waals surface area contributed by atoms with E-state index in [2.05, 4.69) is 14.6 Å². The SMILES string of the molecule is Cc1nn(C)c2c1nc(CCl)n2CCC1CCCO1. The molecular formula is C13H19ClN4O. The molecule has 19 heavy (non-hydrogen) atoms. The third kappa shape index (κ3) is 2.25. The number of halogens is 1. The molecule has 1 fully saturated rings. The summed E-state index contributed by atoms with van der Waals surface area (Å²) in [5.41, 5.74) is 2.98. The van der Waals surface area contributed by atoms with Gasteiger partial charge in [0.15, 0.2) is 5.65 Å². The van der Waals surface area contributed by atoms with Crippen molar-refractivity contribution >= 4 is 22.8 Å². The van der Waals surface area contributed by atoms with Crippen LogP contribution in [0.5, 0.6) is 0 Å². The molecule has 1 atom stereocenters. The van der Waals surface area contributed by atoms with E-state index in [9.17, 15) is 0 Å². The van der Waals surface area contributed by atoms with Gasteiger partial charge in [-0.05, 0) is 26.2 Å². The van der Waals surface area contributed by atoms with Gasteiger partial charge < -0.3 is 9.30 Å². The Morgan fingerprint density at radius 2 is 2.32 bits per heavy atom. The van der Waals surface area contributed by atoms with E-state index in [0.29, 0.717) is 12.0 Å². The third-order valence-corrected chi connectivity index (χ3v) is 4.03. The highest BCUT2D eigenvalue weighted by Gasteiger charge is 2.20. The first-order valence-corrected chi connectivity index (χ1v) is 7.30.